The summed E-state index contributed by atoms with van der Waals surface area (Å²) in [5.74, 6) is 3.56. The van der Waals surface area contributed by atoms with Crippen LogP contribution in [0.1, 0.15) is 48.9 Å². The molecule has 4 fully saturated rings. The fourth-order valence-electron chi connectivity index (χ4n) is 7.17. The molecule has 0 radical (unpaired) electrons. The Kier molecular flexibility index (Phi) is 5.46. The molecule has 2 bridgehead atoms. The maximum Gasteiger partial charge on any atom is 0.254 e. The number of nitrogens with two attached hydrogens (primary N) is 1. The van der Waals surface area contributed by atoms with E-state index >= 15 is 0 Å². The second-order valence-corrected chi connectivity index (χ2v) is 12.7. The number of nitrogens with one attached hydrogen (secondary N) is 1. The largest absolute Gasteiger partial charge is 0.494 e. The van der Waals surface area contributed by atoms with Crippen LogP contribution in [0.2, 0.25) is 0 Å². The minimum Gasteiger partial charge on any atom is -0.494 e. The molecule has 0 spiro atoms. The van der Waals surface area contributed by atoms with Gasteiger partial charge < -0.3 is 29.8 Å². The molecule has 3 heterocycles. The zero-order valence-electron chi connectivity index (χ0n) is 23.4. The van der Waals surface area contributed by atoms with Crippen LogP contribution in [0.25, 0.3) is 33.5 Å². The molecule has 2 aromatic heterocycles. The van der Waals surface area contributed by atoms with Crippen LogP contribution in [0, 0.1) is 17.8 Å². The summed E-state index contributed by atoms with van der Waals surface area (Å²) in [6.45, 7) is 2.80. The van der Waals surface area contributed by atoms with Crippen molar-refractivity contribution in [1.29, 1.82) is 0 Å². The number of rotatable bonds is 8. The lowest BCUT2D eigenvalue weighted by molar-refractivity contribution is 0.0700. The minimum absolute atomic E-state index is 0.0316. The molecule has 40 heavy (non-hydrogen) atoms. The molecule has 4 aliphatic rings. The van der Waals surface area contributed by atoms with Crippen LogP contribution in [0.4, 0.5) is 5.69 Å². The lowest BCUT2D eigenvalue weighted by Gasteiger charge is -2.27. The number of ether oxygens (including phenoxy) is 1. The normalized spacial score (nSPS) is 24.0. The topological polar surface area (TPSA) is 90.3 Å². The number of benzene rings is 2. The fourth-order valence-corrected chi connectivity index (χ4v) is 7.17. The standard InChI is InChI=1S/C32H38N6O2/c1-36-30-24(12-22(14-28(30)40-2)32(39)38-17-20-7-9-26(38)29(20)33)35-31(36)27-13-21-11-23(34-15-18-3-4-18)8-10-25(21)37(27)16-19-5-6-19/h8,10-14,18-20,26,29,34H,3-7,9,15-17,33H2,1-2H3/t20-,26-,29+/m1/s1. The van der Waals surface area contributed by atoms with Gasteiger partial charge in [-0.3, -0.25) is 4.79 Å². The predicted octanol–water partition coefficient (Wildman–Crippen LogP) is 5.00. The van der Waals surface area contributed by atoms with Crippen molar-refractivity contribution in [2.75, 3.05) is 25.5 Å². The molecule has 3 atom stereocenters. The van der Waals surface area contributed by atoms with Crippen LogP contribution in [-0.4, -0.2) is 57.2 Å². The van der Waals surface area contributed by atoms with Gasteiger partial charge in [-0.25, -0.2) is 4.98 Å². The van der Waals surface area contributed by atoms with E-state index in [0.29, 0.717) is 17.2 Å². The number of fused-ring (bicyclic) bond motifs is 4. The number of aryl methyl sites for hydroxylation is 1. The van der Waals surface area contributed by atoms with Gasteiger partial charge >= 0.3 is 0 Å². The summed E-state index contributed by atoms with van der Waals surface area (Å²) < 4.78 is 10.4. The number of hydrogen-bond acceptors (Lipinski definition) is 5. The number of methoxy groups -OCH3 is 1. The molecule has 1 saturated heterocycles. The van der Waals surface area contributed by atoms with E-state index < -0.39 is 0 Å². The maximum atomic E-state index is 13.7. The molecule has 3 saturated carbocycles. The van der Waals surface area contributed by atoms with Crippen molar-refractivity contribution in [3.63, 3.8) is 0 Å². The lowest BCUT2D eigenvalue weighted by atomic mass is 10.1. The summed E-state index contributed by atoms with van der Waals surface area (Å²) in [5.41, 5.74) is 12.3. The monoisotopic (exact) mass is 538 g/mol. The van der Waals surface area contributed by atoms with E-state index in [2.05, 4.69) is 45.8 Å². The summed E-state index contributed by atoms with van der Waals surface area (Å²) in [7, 11) is 3.72. The predicted molar refractivity (Wildman–Crippen MR) is 158 cm³/mol. The zero-order chi connectivity index (χ0) is 27.1. The molecule has 1 aliphatic heterocycles. The maximum absolute atomic E-state index is 13.7. The Hall–Kier alpha value is -3.52. The van der Waals surface area contributed by atoms with Gasteiger partial charge in [-0.15, -0.1) is 0 Å². The second kappa shape index (κ2) is 8.99. The molecule has 2 aromatic carbocycles. The second-order valence-electron chi connectivity index (χ2n) is 12.7. The lowest BCUT2D eigenvalue weighted by Crippen LogP contribution is -2.41. The third kappa shape index (κ3) is 3.91. The fraction of sp³-hybridized carbons (Fsp3) is 0.500. The quantitative estimate of drug-likeness (QED) is 0.330. The van der Waals surface area contributed by atoms with Gasteiger partial charge in [0.2, 0.25) is 0 Å². The average molecular weight is 539 g/mol. The molecular weight excluding hydrogens is 500 g/mol. The Bertz CT molecular complexity index is 1640. The van der Waals surface area contributed by atoms with Gasteiger partial charge in [-0.2, -0.15) is 0 Å². The van der Waals surface area contributed by atoms with Crippen LogP contribution >= 0.6 is 0 Å². The first-order chi connectivity index (χ1) is 19.5. The molecular formula is C32H38N6O2. The molecule has 0 unspecified atom stereocenters. The Balaban J connectivity index is 1.20. The summed E-state index contributed by atoms with van der Waals surface area (Å²) in [4.78, 5) is 20.8. The number of amides is 1. The number of imidazole rings is 1. The van der Waals surface area contributed by atoms with Gasteiger partial charge in [-0.05, 0) is 92.7 Å². The number of likely N-dealkylation sites (tertiary alicyclic amines) is 1. The van der Waals surface area contributed by atoms with Crippen LogP contribution < -0.4 is 15.8 Å². The molecule has 8 rings (SSSR count). The number of nitrogens with zero attached hydrogens (tertiary/aromatic N) is 4. The van der Waals surface area contributed by atoms with Gasteiger partial charge in [0.15, 0.2) is 5.82 Å². The van der Waals surface area contributed by atoms with E-state index in [1.165, 1.54) is 42.3 Å². The number of piperidine rings is 1. The molecule has 4 aromatic rings. The highest BCUT2D eigenvalue weighted by Gasteiger charge is 2.47. The first kappa shape index (κ1) is 24.3. The van der Waals surface area contributed by atoms with E-state index in [9.17, 15) is 4.79 Å². The van der Waals surface area contributed by atoms with Crippen molar-refractivity contribution in [1.82, 2.24) is 19.0 Å². The Morgan fingerprint density at radius 2 is 1.90 bits per heavy atom. The number of aromatic nitrogens is 3. The van der Waals surface area contributed by atoms with Crippen molar-refractivity contribution < 1.29 is 9.53 Å². The van der Waals surface area contributed by atoms with Crippen LogP contribution in [-0.2, 0) is 13.6 Å². The highest BCUT2D eigenvalue weighted by Crippen LogP contribution is 2.40. The molecule has 3 N–H and O–H groups in total. The molecule has 1 amide bonds. The van der Waals surface area contributed by atoms with Gasteiger partial charge in [0.1, 0.15) is 11.3 Å². The van der Waals surface area contributed by atoms with Crippen LogP contribution in [0.5, 0.6) is 5.75 Å². The average Bonchev–Trinajstić information content (AvgIpc) is 3.87. The van der Waals surface area contributed by atoms with Gasteiger partial charge in [0, 0.05) is 60.9 Å². The molecule has 8 heteroatoms. The van der Waals surface area contributed by atoms with Crippen molar-refractivity contribution in [2.24, 2.45) is 30.5 Å². The number of anilines is 1. The minimum atomic E-state index is 0.0316. The van der Waals surface area contributed by atoms with Gasteiger partial charge in [0.25, 0.3) is 5.91 Å². The molecule has 208 valence electrons. The summed E-state index contributed by atoms with van der Waals surface area (Å²) in [5, 5.41) is 4.86. The number of hydrogen-bond donors (Lipinski definition) is 2. The highest BCUT2D eigenvalue weighted by molar-refractivity contribution is 6.00. The highest BCUT2D eigenvalue weighted by atomic mass is 16.5. The number of carbonyl (C=O) groups excluding carboxylic acids is 1. The molecule has 3 aliphatic carbocycles. The summed E-state index contributed by atoms with van der Waals surface area (Å²) >= 11 is 0. The van der Waals surface area contributed by atoms with E-state index in [4.69, 9.17) is 15.5 Å². The van der Waals surface area contributed by atoms with Crippen molar-refractivity contribution in [3.05, 3.63) is 42.0 Å². The smallest absolute Gasteiger partial charge is 0.254 e. The Morgan fingerprint density at radius 1 is 1.07 bits per heavy atom. The van der Waals surface area contributed by atoms with Gasteiger partial charge in [-0.1, -0.05) is 0 Å². The third-order valence-corrected chi connectivity index (χ3v) is 9.88. The van der Waals surface area contributed by atoms with E-state index in [0.717, 1.165) is 66.9 Å². The number of carbonyl (C=O) groups is 1. The summed E-state index contributed by atoms with van der Waals surface area (Å²) in [6, 6.07) is 13.1. The van der Waals surface area contributed by atoms with Crippen molar-refractivity contribution in [2.45, 2.75) is 57.2 Å². The Labute approximate surface area is 234 Å². The SMILES string of the molecule is COc1cc(C(=O)N2C[C@H]3CC[C@@H]2[C@H]3N)cc2nc(-c3cc4cc(NCC5CC5)ccc4n3CC3CC3)n(C)c12. The van der Waals surface area contributed by atoms with Crippen molar-refractivity contribution >= 4 is 33.5 Å². The third-order valence-electron chi connectivity index (χ3n) is 9.88. The first-order valence-electron chi connectivity index (χ1n) is 15.0. The van der Waals surface area contributed by atoms with E-state index in [1.807, 2.05) is 17.0 Å². The van der Waals surface area contributed by atoms with E-state index in [1.54, 1.807) is 7.11 Å². The van der Waals surface area contributed by atoms with Crippen LogP contribution in [0.15, 0.2) is 36.4 Å². The van der Waals surface area contributed by atoms with E-state index in [-0.39, 0.29) is 18.0 Å². The van der Waals surface area contributed by atoms with Crippen LogP contribution in [0.3, 0.4) is 0 Å². The summed E-state index contributed by atoms with van der Waals surface area (Å²) in [6.07, 6.45) is 7.36. The molecule has 8 nitrogen and oxygen atoms in total. The van der Waals surface area contributed by atoms with Crippen molar-refractivity contribution in [3.8, 4) is 17.3 Å². The first-order valence-corrected chi connectivity index (χ1v) is 15.0. The van der Waals surface area contributed by atoms with Gasteiger partial charge in [0.05, 0.1) is 18.3 Å². The zero-order valence-corrected chi connectivity index (χ0v) is 23.4. The Morgan fingerprint density at radius 3 is 2.60 bits per heavy atom.